The van der Waals surface area contributed by atoms with E-state index in [1.54, 1.807) is 0 Å². The zero-order valence-electron chi connectivity index (χ0n) is 11.2. The van der Waals surface area contributed by atoms with Crippen molar-refractivity contribution >= 4 is 28.2 Å². The van der Waals surface area contributed by atoms with E-state index in [1.165, 1.54) is 24.2 Å². The molecule has 2 heterocycles. The van der Waals surface area contributed by atoms with Gasteiger partial charge < -0.3 is 21.3 Å². The van der Waals surface area contributed by atoms with Crippen LogP contribution in [0.5, 0.6) is 0 Å². The highest BCUT2D eigenvalue weighted by molar-refractivity contribution is 7.18. The molecule has 19 heavy (non-hydrogen) atoms. The molecule has 2 rings (SSSR count). The number of nitrogens with one attached hydrogen (secondary N) is 2. The van der Waals surface area contributed by atoms with Crippen molar-refractivity contribution in [1.82, 2.24) is 15.6 Å². The van der Waals surface area contributed by atoms with Crippen LogP contribution in [0.2, 0.25) is 0 Å². The number of hydrogen-bond donors (Lipinski definition) is 3. The topological polar surface area (TPSA) is 83.3 Å². The van der Waals surface area contributed by atoms with Crippen molar-refractivity contribution < 1.29 is 4.79 Å². The Labute approximate surface area is 117 Å². The third-order valence-electron chi connectivity index (χ3n) is 3.11. The number of carbonyl (C=O) groups excluding carboxylic acids is 1. The van der Waals surface area contributed by atoms with E-state index in [9.17, 15) is 4.79 Å². The molecule has 0 atom stereocenters. The number of thiazole rings is 1. The average Bonchev–Trinajstić information content (AvgIpc) is 3.03. The molecule has 0 unspecified atom stereocenters. The fraction of sp³-hybridized carbons (Fsp3) is 0.667. The fourth-order valence-corrected chi connectivity index (χ4v) is 3.03. The Morgan fingerprint density at radius 1 is 1.42 bits per heavy atom. The Bertz CT molecular complexity index is 428. The fourth-order valence-electron chi connectivity index (χ4n) is 2.07. The van der Waals surface area contributed by atoms with Gasteiger partial charge in [-0.3, -0.25) is 4.79 Å². The third kappa shape index (κ3) is 3.57. The van der Waals surface area contributed by atoms with Gasteiger partial charge in [-0.25, -0.2) is 4.98 Å². The lowest BCUT2D eigenvalue weighted by atomic mass is 10.4. The van der Waals surface area contributed by atoms with Crippen LogP contribution in [0.25, 0.3) is 0 Å². The summed E-state index contributed by atoms with van der Waals surface area (Å²) in [5, 5.41) is 6.78. The molecular weight excluding hydrogens is 262 g/mol. The van der Waals surface area contributed by atoms with E-state index in [0.29, 0.717) is 17.2 Å². The predicted molar refractivity (Wildman–Crippen MR) is 78.9 cm³/mol. The maximum atomic E-state index is 12.0. The standard InChI is InChI=1S/C12H21N5OS/c1-14-5-4-6-15-11(18)9-10(13)16-12(19-9)17-7-2-3-8-17/h14H,2-8,13H2,1H3,(H,15,18). The van der Waals surface area contributed by atoms with E-state index in [1.807, 2.05) is 7.05 Å². The van der Waals surface area contributed by atoms with Gasteiger partial charge in [0.25, 0.3) is 5.91 Å². The van der Waals surface area contributed by atoms with Gasteiger partial charge in [0.2, 0.25) is 0 Å². The summed E-state index contributed by atoms with van der Waals surface area (Å²) in [6, 6.07) is 0. The maximum Gasteiger partial charge on any atom is 0.265 e. The highest BCUT2D eigenvalue weighted by Gasteiger charge is 2.21. The van der Waals surface area contributed by atoms with Crippen LogP contribution >= 0.6 is 11.3 Å². The molecule has 106 valence electrons. The normalized spacial score (nSPS) is 14.9. The molecule has 4 N–H and O–H groups in total. The van der Waals surface area contributed by atoms with Gasteiger partial charge in [-0.05, 0) is 32.9 Å². The van der Waals surface area contributed by atoms with Crippen LogP contribution in [-0.2, 0) is 0 Å². The highest BCUT2D eigenvalue weighted by atomic mass is 32.1. The highest BCUT2D eigenvalue weighted by Crippen LogP contribution is 2.30. The second-order valence-corrected chi connectivity index (χ2v) is 5.60. The van der Waals surface area contributed by atoms with Crippen molar-refractivity contribution in [2.45, 2.75) is 19.3 Å². The van der Waals surface area contributed by atoms with Crippen molar-refractivity contribution in [2.24, 2.45) is 0 Å². The first-order valence-electron chi connectivity index (χ1n) is 6.66. The Morgan fingerprint density at radius 2 is 2.16 bits per heavy atom. The molecule has 1 aliphatic heterocycles. The number of nitrogens with zero attached hydrogens (tertiary/aromatic N) is 2. The minimum Gasteiger partial charge on any atom is -0.382 e. The van der Waals surface area contributed by atoms with Crippen LogP contribution < -0.4 is 21.3 Å². The van der Waals surface area contributed by atoms with Crippen molar-refractivity contribution in [3.63, 3.8) is 0 Å². The van der Waals surface area contributed by atoms with Crippen molar-refractivity contribution in [2.75, 3.05) is 43.9 Å². The molecule has 1 fully saturated rings. The SMILES string of the molecule is CNCCCNC(=O)c1sc(N2CCCC2)nc1N. The number of hydrogen-bond acceptors (Lipinski definition) is 6. The number of aromatic nitrogens is 1. The molecule has 1 saturated heterocycles. The Balaban J connectivity index is 1.93. The molecule has 0 aromatic carbocycles. The van der Waals surface area contributed by atoms with Crippen LogP contribution in [0.3, 0.4) is 0 Å². The van der Waals surface area contributed by atoms with E-state index in [0.717, 1.165) is 31.2 Å². The van der Waals surface area contributed by atoms with Gasteiger partial charge in [-0.15, -0.1) is 0 Å². The summed E-state index contributed by atoms with van der Waals surface area (Å²) in [5.74, 6) is 0.231. The number of carbonyl (C=O) groups is 1. The zero-order valence-corrected chi connectivity index (χ0v) is 12.1. The van der Waals surface area contributed by atoms with Gasteiger partial charge >= 0.3 is 0 Å². The van der Waals surface area contributed by atoms with Crippen LogP contribution in [0, 0.1) is 0 Å². The van der Waals surface area contributed by atoms with E-state index in [4.69, 9.17) is 5.73 Å². The lowest BCUT2D eigenvalue weighted by Crippen LogP contribution is -2.26. The monoisotopic (exact) mass is 283 g/mol. The van der Waals surface area contributed by atoms with E-state index < -0.39 is 0 Å². The molecule has 1 amide bonds. The first-order chi connectivity index (χ1) is 9.22. The van der Waals surface area contributed by atoms with E-state index >= 15 is 0 Å². The van der Waals surface area contributed by atoms with E-state index in [2.05, 4.69) is 20.5 Å². The Kier molecular flexibility index (Phi) is 4.98. The summed E-state index contributed by atoms with van der Waals surface area (Å²) in [4.78, 5) is 19.0. The number of amides is 1. The lowest BCUT2D eigenvalue weighted by Gasteiger charge is -2.11. The van der Waals surface area contributed by atoms with Gasteiger partial charge in [-0.2, -0.15) is 0 Å². The van der Waals surface area contributed by atoms with Gasteiger partial charge in [0.05, 0.1) is 0 Å². The molecule has 0 radical (unpaired) electrons. The molecule has 7 heteroatoms. The average molecular weight is 283 g/mol. The van der Waals surface area contributed by atoms with Gasteiger partial charge in [-0.1, -0.05) is 11.3 Å². The number of nitrogens with two attached hydrogens (primary N) is 1. The van der Waals surface area contributed by atoms with Crippen LogP contribution in [-0.4, -0.2) is 44.1 Å². The van der Waals surface area contributed by atoms with Gasteiger partial charge in [0.1, 0.15) is 10.7 Å². The minimum atomic E-state index is -0.114. The predicted octanol–water partition coefficient (Wildman–Crippen LogP) is 0.665. The second-order valence-electron chi connectivity index (χ2n) is 4.62. The molecule has 0 saturated carbocycles. The number of anilines is 2. The van der Waals surface area contributed by atoms with Crippen molar-refractivity contribution in [3.8, 4) is 0 Å². The molecule has 0 spiro atoms. The van der Waals surface area contributed by atoms with Gasteiger partial charge in [0.15, 0.2) is 5.13 Å². The Hall–Kier alpha value is -1.34. The molecular formula is C12H21N5OS. The summed E-state index contributed by atoms with van der Waals surface area (Å²) in [7, 11) is 1.89. The zero-order chi connectivity index (χ0) is 13.7. The molecule has 0 aliphatic carbocycles. The van der Waals surface area contributed by atoms with Crippen molar-refractivity contribution in [3.05, 3.63) is 4.88 Å². The van der Waals surface area contributed by atoms with E-state index in [-0.39, 0.29) is 5.91 Å². The summed E-state index contributed by atoms with van der Waals surface area (Å²) in [5.41, 5.74) is 5.84. The molecule has 1 aromatic rings. The molecule has 1 aromatic heterocycles. The quantitative estimate of drug-likeness (QED) is 0.668. The Morgan fingerprint density at radius 3 is 2.84 bits per heavy atom. The summed E-state index contributed by atoms with van der Waals surface area (Å²) < 4.78 is 0. The number of nitrogen functional groups attached to an aromatic ring is 1. The first-order valence-corrected chi connectivity index (χ1v) is 7.48. The van der Waals surface area contributed by atoms with Crippen LogP contribution in [0.4, 0.5) is 10.9 Å². The van der Waals surface area contributed by atoms with Gasteiger partial charge in [0, 0.05) is 19.6 Å². The van der Waals surface area contributed by atoms with Crippen LogP contribution in [0.15, 0.2) is 0 Å². The maximum absolute atomic E-state index is 12.0. The smallest absolute Gasteiger partial charge is 0.265 e. The third-order valence-corrected chi connectivity index (χ3v) is 4.24. The largest absolute Gasteiger partial charge is 0.382 e. The second kappa shape index (κ2) is 6.72. The lowest BCUT2D eigenvalue weighted by molar-refractivity contribution is 0.0958. The number of rotatable bonds is 6. The molecule has 0 bridgehead atoms. The molecule has 6 nitrogen and oxygen atoms in total. The summed E-state index contributed by atoms with van der Waals surface area (Å²) in [6.07, 6.45) is 3.27. The first kappa shape index (κ1) is 14.1. The summed E-state index contributed by atoms with van der Waals surface area (Å²) in [6.45, 7) is 3.56. The minimum absolute atomic E-state index is 0.114. The van der Waals surface area contributed by atoms with Crippen molar-refractivity contribution in [1.29, 1.82) is 0 Å². The summed E-state index contributed by atoms with van der Waals surface area (Å²) >= 11 is 1.39. The molecule has 1 aliphatic rings. The van der Waals surface area contributed by atoms with Crippen LogP contribution in [0.1, 0.15) is 28.9 Å².